The molecule has 2 aromatic rings. The van der Waals surface area contributed by atoms with Crippen LogP contribution in [0.25, 0.3) is 0 Å². The Morgan fingerprint density at radius 2 is 1.86 bits per heavy atom. The third-order valence-corrected chi connectivity index (χ3v) is 3.12. The van der Waals surface area contributed by atoms with Crippen LogP contribution in [0.15, 0.2) is 36.4 Å². The Labute approximate surface area is 123 Å². The zero-order valence-corrected chi connectivity index (χ0v) is 12.1. The molecule has 2 N–H and O–H groups in total. The van der Waals surface area contributed by atoms with Gasteiger partial charge in [-0.05, 0) is 30.7 Å². The summed E-state index contributed by atoms with van der Waals surface area (Å²) < 4.78 is 10.3. The van der Waals surface area contributed by atoms with Gasteiger partial charge < -0.3 is 19.9 Å². The second-order valence-corrected chi connectivity index (χ2v) is 4.52. The molecule has 0 aliphatic heterocycles. The molecule has 0 fully saturated rings. The summed E-state index contributed by atoms with van der Waals surface area (Å²) in [7, 11) is 3.03. The molecule has 0 aliphatic rings. The van der Waals surface area contributed by atoms with E-state index < -0.39 is 0 Å². The molecule has 0 heterocycles. The van der Waals surface area contributed by atoms with Crippen molar-refractivity contribution in [3.8, 4) is 17.2 Å². The molecule has 0 saturated heterocycles. The second-order valence-electron chi connectivity index (χ2n) is 4.52. The summed E-state index contributed by atoms with van der Waals surface area (Å²) >= 11 is 0. The number of phenols is 1. The normalized spacial score (nSPS) is 10.0. The summed E-state index contributed by atoms with van der Waals surface area (Å²) in [4.78, 5) is 12.3. The van der Waals surface area contributed by atoms with Crippen LogP contribution in [-0.4, -0.2) is 25.2 Å². The predicted octanol–water partition coefficient (Wildman–Crippen LogP) is 2.97. The van der Waals surface area contributed by atoms with E-state index in [-0.39, 0.29) is 11.7 Å². The molecule has 0 atom stereocenters. The van der Waals surface area contributed by atoms with E-state index in [4.69, 9.17) is 9.47 Å². The van der Waals surface area contributed by atoms with Crippen LogP contribution < -0.4 is 14.8 Å². The Balaban J connectivity index is 2.25. The number of methoxy groups -OCH3 is 2. The topological polar surface area (TPSA) is 67.8 Å². The van der Waals surface area contributed by atoms with Crippen molar-refractivity contribution in [2.75, 3.05) is 19.5 Å². The lowest BCUT2D eigenvalue weighted by atomic mass is 10.1. The molecular weight excluding hydrogens is 270 g/mol. The highest BCUT2D eigenvalue weighted by atomic mass is 16.5. The fourth-order valence-corrected chi connectivity index (χ4v) is 1.87. The first-order valence-corrected chi connectivity index (χ1v) is 6.38. The molecule has 0 aliphatic carbocycles. The Kier molecular flexibility index (Phi) is 4.33. The monoisotopic (exact) mass is 287 g/mol. The number of amides is 1. The van der Waals surface area contributed by atoms with Crippen molar-refractivity contribution in [2.45, 2.75) is 6.92 Å². The fraction of sp³-hybridized carbons (Fsp3) is 0.188. The minimum Gasteiger partial charge on any atom is -0.508 e. The van der Waals surface area contributed by atoms with Gasteiger partial charge in [0.25, 0.3) is 5.91 Å². The number of rotatable bonds is 4. The maximum atomic E-state index is 12.3. The van der Waals surface area contributed by atoms with Crippen LogP contribution in [0.5, 0.6) is 17.2 Å². The Morgan fingerprint density at radius 3 is 2.48 bits per heavy atom. The molecule has 21 heavy (non-hydrogen) atoms. The summed E-state index contributed by atoms with van der Waals surface area (Å²) in [5, 5.41) is 12.4. The van der Waals surface area contributed by atoms with Gasteiger partial charge in [-0.1, -0.05) is 6.07 Å². The van der Waals surface area contributed by atoms with Gasteiger partial charge in [-0.25, -0.2) is 0 Å². The summed E-state index contributed by atoms with van der Waals surface area (Å²) in [6, 6.07) is 9.91. The van der Waals surface area contributed by atoms with Crippen LogP contribution in [0.1, 0.15) is 15.9 Å². The van der Waals surface area contributed by atoms with Crippen LogP contribution in [0, 0.1) is 6.92 Å². The highest BCUT2D eigenvalue weighted by Crippen LogP contribution is 2.26. The number of benzene rings is 2. The minimum atomic E-state index is -0.322. The minimum absolute atomic E-state index is 0.134. The van der Waals surface area contributed by atoms with Gasteiger partial charge in [-0.3, -0.25) is 4.79 Å². The molecule has 0 radical (unpaired) electrons. The molecule has 0 bridgehead atoms. The van der Waals surface area contributed by atoms with Crippen molar-refractivity contribution in [3.05, 3.63) is 47.5 Å². The number of phenolic OH excluding ortho intramolecular Hbond substituents is 1. The number of anilines is 1. The highest BCUT2D eigenvalue weighted by Gasteiger charge is 2.14. The van der Waals surface area contributed by atoms with Crippen LogP contribution >= 0.6 is 0 Å². The van der Waals surface area contributed by atoms with Crippen molar-refractivity contribution in [2.24, 2.45) is 0 Å². The van der Waals surface area contributed by atoms with Crippen molar-refractivity contribution in [1.29, 1.82) is 0 Å². The van der Waals surface area contributed by atoms with E-state index in [1.807, 2.05) is 0 Å². The van der Waals surface area contributed by atoms with Crippen LogP contribution in [0.3, 0.4) is 0 Å². The fourth-order valence-electron chi connectivity index (χ4n) is 1.87. The number of aryl methyl sites for hydroxylation is 1. The molecule has 5 heteroatoms. The third-order valence-electron chi connectivity index (χ3n) is 3.12. The van der Waals surface area contributed by atoms with Gasteiger partial charge in [-0.15, -0.1) is 0 Å². The molecule has 0 saturated carbocycles. The first-order chi connectivity index (χ1) is 10.0. The number of carbonyl (C=O) groups excluding carboxylic acids is 1. The van der Waals surface area contributed by atoms with E-state index in [2.05, 4.69) is 5.32 Å². The molecule has 110 valence electrons. The van der Waals surface area contributed by atoms with Gasteiger partial charge in [0.05, 0.1) is 19.8 Å². The summed E-state index contributed by atoms with van der Waals surface area (Å²) in [6.45, 7) is 1.79. The SMILES string of the molecule is COc1ccc(C(=O)Nc2ccc(C)c(O)c2)c(OC)c1. The average molecular weight is 287 g/mol. The van der Waals surface area contributed by atoms with Gasteiger partial charge in [0.1, 0.15) is 17.2 Å². The van der Waals surface area contributed by atoms with Gasteiger partial charge in [0.15, 0.2) is 0 Å². The molecular formula is C16H17NO4. The average Bonchev–Trinajstić information content (AvgIpc) is 2.50. The van der Waals surface area contributed by atoms with Crippen molar-refractivity contribution >= 4 is 11.6 Å². The molecule has 0 unspecified atom stereocenters. The molecule has 1 amide bonds. The smallest absolute Gasteiger partial charge is 0.259 e. The van der Waals surface area contributed by atoms with Crippen LogP contribution in [0.2, 0.25) is 0 Å². The van der Waals surface area contributed by atoms with E-state index in [0.29, 0.717) is 22.7 Å². The molecule has 0 aromatic heterocycles. The number of nitrogens with one attached hydrogen (secondary N) is 1. The molecule has 2 aromatic carbocycles. The highest BCUT2D eigenvalue weighted by molar-refractivity contribution is 6.06. The number of aromatic hydroxyl groups is 1. The summed E-state index contributed by atoms with van der Waals surface area (Å²) in [5.41, 5.74) is 1.65. The van der Waals surface area contributed by atoms with Gasteiger partial charge in [0, 0.05) is 17.8 Å². The first kappa shape index (κ1) is 14.7. The first-order valence-electron chi connectivity index (χ1n) is 6.38. The van der Waals surface area contributed by atoms with Crippen molar-refractivity contribution in [3.63, 3.8) is 0 Å². The summed E-state index contributed by atoms with van der Waals surface area (Å²) in [6.07, 6.45) is 0. The Bertz CT molecular complexity index is 667. The third kappa shape index (κ3) is 3.25. The quantitative estimate of drug-likeness (QED) is 0.907. The van der Waals surface area contributed by atoms with Gasteiger partial charge in [0.2, 0.25) is 0 Å². The lowest BCUT2D eigenvalue weighted by Gasteiger charge is -2.11. The Hall–Kier alpha value is -2.69. The predicted molar refractivity (Wildman–Crippen MR) is 80.3 cm³/mol. The van der Waals surface area contributed by atoms with Crippen LogP contribution in [-0.2, 0) is 0 Å². The summed E-state index contributed by atoms with van der Waals surface area (Å²) in [5.74, 6) is 0.840. The second kappa shape index (κ2) is 6.17. The number of carbonyl (C=O) groups is 1. The lowest BCUT2D eigenvalue weighted by Crippen LogP contribution is -2.13. The number of hydrogen-bond donors (Lipinski definition) is 2. The standard InChI is InChI=1S/C16H17NO4/c1-10-4-5-11(8-14(10)18)17-16(19)13-7-6-12(20-2)9-15(13)21-3/h4-9,18H,1-3H3,(H,17,19). The van der Waals surface area contributed by atoms with Crippen molar-refractivity contribution < 1.29 is 19.4 Å². The lowest BCUT2D eigenvalue weighted by molar-refractivity contribution is 0.102. The number of ether oxygens (including phenoxy) is 2. The molecule has 0 spiro atoms. The van der Waals surface area contributed by atoms with Gasteiger partial charge >= 0.3 is 0 Å². The Morgan fingerprint density at radius 1 is 1.10 bits per heavy atom. The van der Waals surface area contributed by atoms with Gasteiger partial charge in [-0.2, -0.15) is 0 Å². The zero-order chi connectivity index (χ0) is 15.4. The van der Waals surface area contributed by atoms with Crippen molar-refractivity contribution in [1.82, 2.24) is 0 Å². The van der Waals surface area contributed by atoms with E-state index >= 15 is 0 Å². The van der Waals surface area contributed by atoms with E-state index in [1.54, 1.807) is 44.4 Å². The van der Waals surface area contributed by atoms with E-state index in [1.165, 1.54) is 13.2 Å². The molecule has 2 rings (SSSR count). The largest absolute Gasteiger partial charge is 0.508 e. The van der Waals surface area contributed by atoms with Crippen LogP contribution in [0.4, 0.5) is 5.69 Å². The van der Waals surface area contributed by atoms with E-state index in [0.717, 1.165) is 5.56 Å². The number of hydrogen-bond acceptors (Lipinski definition) is 4. The maximum Gasteiger partial charge on any atom is 0.259 e. The maximum absolute atomic E-state index is 12.3. The zero-order valence-electron chi connectivity index (χ0n) is 12.1. The molecule has 5 nitrogen and oxygen atoms in total. The van der Waals surface area contributed by atoms with E-state index in [9.17, 15) is 9.90 Å².